The van der Waals surface area contributed by atoms with Crippen molar-refractivity contribution in [1.29, 1.82) is 0 Å². The molecule has 1 atom stereocenters. The van der Waals surface area contributed by atoms with Crippen LogP contribution in [0.3, 0.4) is 0 Å². The highest BCUT2D eigenvalue weighted by Gasteiger charge is 2.35. The Morgan fingerprint density at radius 1 is 1.27 bits per heavy atom. The van der Waals surface area contributed by atoms with E-state index in [0.29, 0.717) is 23.2 Å². The largest absolute Gasteiger partial charge is 0.446 e. The summed E-state index contributed by atoms with van der Waals surface area (Å²) < 4.78 is 6.25. The third-order valence-corrected chi connectivity index (χ3v) is 5.49. The molecule has 1 aromatic carbocycles. The summed E-state index contributed by atoms with van der Waals surface area (Å²) in [6.07, 6.45) is 1.67. The van der Waals surface area contributed by atoms with Crippen LogP contribution in [0.4, 0.5) is 5.69 Å². The Morgan fingerprint density at radius 2 is 2.12 bits per heavy atom. The molecule has 1 aliphatic heterocycles. The van der Waals surface area contributed by atoms with Gasteiger partial charge in [0.05, 0.1) is 10.6 Å². The molecule has 1 aliphatic rings. The minimum absolute atomic E-state index is 0.0262. The number of aromatic nitrogens is 3. The van der Waals surface area contributed by atoms with E-state index in [1.165, 1.54) is 11.8 Å². The first kappa shape index (κ1) is 17.0. The molecule has 0 radical (unpaired) electrons. The predicted molar refractivity (Wildman–Crippen MR) is 103 cm³/mol. The first-order valence-electron chi connectivity index (χ1n) is 8.13. The van der Waals surface area contributed by atoms with Gasteiger partial charge in [-0.2, -0.15) is 4.98 Å². The lowest BCUT2D eigenvalue weighted by atomic mass is 10.1. The van der Waals surface area contributed by atoms with Crippen LogP contribution in [0.1, 0.15) is 24.4 Å². The minimum atomic E-state index is -0.587. The Balaban J connectivity index is 1.97. The Bertz CT molecular complexity index is 946. The second-order valence-electron chi connectivity index (χ2n) is 5.57. The van der Waals surface area contributed by atoms with Crippen molar-refractivity contribution in [3.05, 3.63) is 46.7 Å². The van der Waals surface area contributed by atoms with E-state index in [4.69, 9.17) is 4.74 Å². The van der Waals surface area contributed by atoms with E-state index in [0.717, 1.165) is 16.1 Å². The first-order valence-corrected chi connectivity index (χ1v) is 10.2. The van der Waals surface area contributed by atoms with Gasteiger partial charge < -0.3 is 4.74 Å². The van der Waals surface area contributed by atoms with E-state index in [-0.39, 0.29) is 5.91 Å². The molecule has 6 nitrogen and oxygen atoms in total. The van der Waals surface area contributed by atoms with Gasteiger partial charge in [-0.25, -0.2) is 0 Å². The molecular formula is C18H16N4O2S2. The molecule has 2 aromatic heterocycles. The van der Waals surface area contributed by atoms with Crippen molar-refractivity contribution in [2.24, 2.45) is 0 Å². The van der Waals surface area contributed by atoms with E-state index in [1.54, 1.807) is 16.2 Å². The number of hydrogen-bond acceptors (Lipinski definition) is 7. The third kappa shape index (κ3) is 2.85. The van der Waals surface area contributed by atoms with Gasteiger partial charge in [0, 0.05) is 12.0 Å². The summed E-state index contributed by atoms with van der Waals surface area (Å²) in [5.74, 6) is 0.364. The summed E-state index contributed by atoms with van der Waals surface area (Å²) in [6, 6.07) is 11.5. The molecule has 1 amide bonds. The maximum absolute atomic E-state index is 12.9. The number of nitrogens with zero attached hydrogens (tertiary/aromatic N) is 4. The van der Waals surface area contributed by atoms with Crippen molar-refractivity contribution in [3.8, 4) is 17.1 Å². The maximum Gasteiger partial charge on any atom is 0.247 e. The van der Waals surface area contributed by atoms with Crippen LogP contribution >= 0.6 is 23.1 Å². The normalized spacial score (nSPS) is 15.6. The van der Waals surface area contributed by atoms with Crippen molar-refractivity contribution in [3.63, 3.8) is 0 Å². The van der Waals surface area contributed by atoms with Crippen LogP contribution < -0.4 is 9.64 Å². The number of fused-ring (bicyclic) bond motifs is 3. The summed E-state index contributed by atoms with van der Waals surface area (Å²) in [6.45, 7) is 1.85. The van der Waals surface area contributed by atoms with Crippen LogP contribution in [0.25, 0.3) is 11.3 Å². The van der Waals surface area contributed by atoms with Crippen LogP contribution in [0.5, 0.6) is 5.88 Å². The highest BCUT2D eigenvalue weighted by atomic mass is 32.2. The number of benzene rings is 1. The van der Waals surface area contributed by atoms with Gasteiger partial charge in [-0.05, 0) is 23.8 Å². The minimum Gasteiger partial charge on any atom is -0.446 e. The monoisotopic (exact) mass is 384 g/mol. The van der Waals surface area contributed by atoms with Crippen molar-refractivity contribution in [2.75, 3.05) is 11.2 Å². The van der Waals surface area contributed by atoms with Gasteiger partial charge in [0.1, 0.15) is 0 Å². The summed E-state index contributed by atoms with van der Waals surface area (Å²) >= 11 is 2.94. The number of thioether (sulfide) groups is 1. The number of carbonyl (C=O) groups is 1. The number of amides is 1. The Kier molecular flexibility index (Phi) is 4.60. The van der Waals surface area contributed by atoms with E-state index in [9.17, 15) is 4.79 Å². The fourth-order valence-corrected chi connectivity index (χ4v) is 3.89. The van der Waals surface area contributed by atoms with Crippen molar-refractivity contribution < 1.29 is 9.53 Å². The first-order chi connectivity index (χ1) is 12.7. The molecule has 26 heavy (non-hydrogen) atoms. The van der Waals surface area contributed by atoms with E-state index >= 15 is 0 Å². The lowest BCUT2D eigenvalue weighted by Gasteiger charge is -2.29. The van der Waals surface area contributed by atoms with Gasteiger partial charge in [-0.1, -0.05) is 43.0 Å². The summed E-state index contributed by atoms with van der Waals surface area (Å²) in [5.41, 5.74) is 2.09. The molecule has 0 saturated heterocycles. The van der Waals surface area contributed by atoms with Gasteiger partial charge in [-0.3, -0.25) is 9.69 Å². The zero-order valence-electron chi connectivity index (χ0n) is 14.2. The quantitative estimate of drug-likeness (QED) is 0.632. The molecule has 3 aromatic rings. The highest BCUT2D eigenvalue weighted by molar-refractivity contribution is 7.98. The van der Waals surface area contributed by atoms with Gasteiger partial charge in [0.25, 0.3) is 0 Å². The van der Waals surface area contributed by atoms with Crippen LogP contribution in [-0.2, 0) is 4.79 Å². The van der Waals surface area contributed by atoms with Crippen molar-refractivity contribution in [2.45, 2.75) is 24.7 Å². The number of para-hydroxylation sites is 1. The average molecular weight is 384 g/mol. The molecule has 8 heteroatoms. The molecule has 3 heterocycles. The Morgan fingerprint density at radius 3 is 2.85 bits per heavy atom. The molecule has 0 saturated carbocycles. The molecule has 0 aliphatic carbocycles. The average Bonchev–Trinajstić information content (AvgIpc) is 3.17. The zero-order valence-corrected chi connectivity index (χ0v) is 15.9. The van der Waals surface area contributed by atoms with Crippen molar-refractivity contribution >= 4 is 34.7 Å². The van der Waals surface area contributed by atoms with E-state index in [1.807, 2.05) is 55.0 Å². The third-order valence-electron chi connectivity index (χ3n) is 4.05. The summed E-state index contributed by atoms with van der Waals surface area (Å²) in [7, 11) is 0. The van der Waals surface area contributed by atoms with Crippen LogP contribution in [-0.4, -0.2) is 27.3 Å². The van der Waals surface area contributed by atoms with E-state index < -0.39 is 6.23 Å². The van der Waals surface area contributed by atoms with Gasteiger partial charge >= 0.3 is 0 Å². The van der Waals surface area contributed by atoms with Crippen molar-refractivity contribution in [1.82, 2.24) is 15.2 Å². The van der Waals surface area contributed by atoms with E-state index in [2.05, 4.69) is 15.2 Å². The molecule has 0 bridgehead atoms. The second-order valence-corrected chi connectivity index (χ2v) is 7.33. The number of hydrogen-bond donors (Lipinski definition) is 0. The number of anilines is 1. The molecule has 0 fully saturated rings. The van der Waals surface area contributed by atoms with Crippen LogP contribution in [0.15, 0.2) is 46.9 Å². The maximum atomic E-state index is 12.9. The van der Waals surface area contributed by atoms with Crippen LogP contribution in [0, 0.1) is 0 Å². The molecule has 0 unspecified atom stereocenters. The fraction of sp³-hybridized carbons (Fsp3) is 0.222. The summed E-state index contributed by atoms with van der Waals surface area (Å²) in [4.78, 5) is 20.0. The molecule has 4 rings (SSSR count). The second kappa shape index (κ2) is 7.05. The SMILES string of the molecule is CCC(=O)N1c2ccccc2-c2nnc(SC)nc2O[C@H]1c1cccs1. The number of thiophene rings is 1. The number of ether oxygens (including phenoxy) is 1. The standard InChI is InChI=1S/C18H16N4O2S2/c1-3-14(23)22-12-8-5-4-7-11(12)15-16(19-18(25-2)21-20-15)24-17(22)13-9-6-10-26-13/h4-10,17H,3H2,1-2H3/t17-/m0/s1. The Labute approximate surface area is 159 Å². The lowest BCUT2D eigenvalue weighted by Crippen LogP contribution is -2.36. The van der Waals surface area contributed by atoms with Gasteiger partial charge in [0.15, 0.2) is 5.69 Å². The topological polar surface area (TPSA) is 68.2 Å². The fourth-order valence-electron chi connectivity index (χ4n) is 2.86. The highest BCUT2D eigenvalue weighted by Crippen LogP contribution is 2.44. The zero-order chi connectivity index (χ0) is 18.1. The number of carbonyl (C=O) groups excluding carboxylic acids is 1. The smallest absolute Gasteiger partial charge is 0.247 e. The van der Waals surface area contributed by atoms with Gasteiger partial charge in [0.2, 0.25) is 23.2 Å². The number of rotatable bonds is 3. The molecule has 132 valence electrons. The van der Waals surface area contributed by atoms with Crippen LogP contribution in [0.2, 0.25) is 0 Å². The molecule has 0 N–H and O–H groups in total. The molecule has 0 spiro atoms. The molecular weight excluding hydrogens is 368 g/mol. The lowest BCUT2D eigenvalue weighted by molar-refractivity contribution is -0.120. The summed E-state index contributed by atoms with van der Waals surface area (Å²) in [5, 5.41) is 11.0. The Hall–Kier alpha value is -2.45. The van der Waals surface area contributed by atoms with Gasteiger partial charge in [-0.15, -0.1) is 21.5 Å². The predicted octanol–water partition coefficient (Wildman–Crippen LogP) is 4.16.